The SMILES string of the molecule is O=C(O)c1noc(-c2cccc3cccnc23)n1. The Bertz CT molecular complexity index is 731. The lowest BCUT2D eigenvalue weighted by atomic mass is 10.1. The Morgan fingerprint density at radius 3 is 2.83 bits per heavy atom. The van der Waals surface area contributed by atoms with Crippen molar-refractivity contribution in [3.63, 3.8) is 0 Å². The number of pyridine rings is 1. The number of carboxylic acids is 1. The van der Waals surface area contributed by atoms with E-state index in [0.717, 1.165) is 5.39 Å². The molecule has 6 nitrogen and oxygen atoms in total. The summed E-state index contributed by atoms with van der Waals surface area (Å²) in [4.78, 5) is 18.8. The molecule has 0 aliphatic carbocycles. The maximum atomic E-state index is 10.7. The van der Waals surface area contributed by atoms with Crippen molar-refractivity contribution in [1.29, 1.82) is 0 Å². The molecule has 0 aliphatic rings. The topological polar surface area (TPSA) is 89.1 Å². The van der Waals surface area contributed by atoms with E-state index in [0.29, 0.717) is 11.1 Å². The van der Waals surface area contributed by atoms with Crippen LogP contribution in [0.5, 0.6) is 0 Å². The first-order chi connectivity index (χ1) is 8.75. The second-order valence-corrected chi connectivity index (χ2v) is 3.61. The molecule has 0 amide bonds. The highest BCUT2D eigenvalue weighted by molar-refractivity contribution is 5.91. The zero-order chi connectivity index (χ0) is 12.5. The highest BCUT2D eigenvalue weighted by atomic mass is 16.5. The smallest absolute Gasteiger partial charge is 0.377 e. The second-order valence-electron chi connectivity index (χ2n) is 3.61. The van der Waals surface area contributed by atoms with Gasteiger partial charge in [-0.15, -0.1) is 0 Å². The molecule has 0 fully saturated rings. The molecule has 3 aromatic rings. The van der Waals surface area contributed by atoms with Crippen LogP contribution in [0.25, 0.3) is 22.4 Å². The van der Waals surface area contributed by atoms with Gasteiger partial charge in [0.25, 0.3) is 11.7 Å². The Balaban J connectivity index is 2.21. The Kier molecular flexibility index (Phi) is 2.26. The monoisotopic (exact) mass is 241 g/mol. The summed E-state index contributed by atoms with van der Waals surface area (Å²) in [5, 5.41) is 13.1. The van der Waals surface area contributed by atoms with Gasteiger partial charge in [0.15, 0.2) is 0 Å². The highest BCUT2D eigenvalue weighted by Crippen LogP contribution is 2.25. The maximum absolute atomic E-state index is 10.7. The molecule has 3 rings (SSSR count). The molecule has 0 atom stereocenters. The second kappa shape index (κ2) is 3.92. The van der Waals surface area contributed by atoms with Gasteiger partial charge in [-0.1, -0.05) is 18.2 Å². The summed E-state index contributed by atoms with van der Waals surface area (Å²) in [6, 6.07) is 9.21. The predicted molar refractivity (Wildman–Crippen MR) is 62.0 cm³/mol. The van der Waals surface area contributed by atoms with E-state index in [9.17, 15) is 4.79 Å². The average Bonchev–Trinajstić information content (AvgIpc) is 2.87. The first kappa shape index (κ1) is 10.4. The lowest BCUT2D eigenvalue weighted by Gasteiger charge is -1.99. The van der Waals surface area contributed by atoms with Crippen LogP contribution in [0.3, 0.4) is 0 Å². The molecular formula is C12H7N3O3. The van der Waals surface area contributed by atoms with E-state index < -0.39 is 5.97 Å². The van der Waals surface area contributed by atoms with Crippen molar-refractivity contribution in [2.45, 2.75) is 0 Å². The molecule has 0 spiro atoms. The summed E-state index contributed by atoms with van der Waals surface area (Å²) >= 11 is 0. The van der Waals surface area contributed by atoms with Crippen molar-refractivity contribution in [3.8, 4) is 11.5 Å². The molecule has 0 bridgehead atoms. The fourth-order valence-electron chi connectivity index (χ4n) is 1.70. The first-order valence-corrected chi connectivity index (χ1v) is 5.17. The van der Waals surface area contributed by atoms with E-state index in [1.54, 1.807) is 12.3 Å². The summed E-state index contributed by atoms with van der Waals surface area (Å²) in [5.41, 5.74) is 1.31. The van der Waals surface area contributed by atoms with E-state index in [1.807, 2.05) is 24.3 Å². The molecule has 0 radical (unpaired) electrons. The fourth-order valence-corrected chi connectivity index (χ4v) is 1.70. The molecule has 0 saturated carbocycles. The number of benzene rings is 1. The van der Waals surface area contributed by atoms with Gasteiger partial charge in [-0.05, 0) is 17.3 Å². The van der Waals surface area contributed by atoms with E-state index in [2.05, 4.69) is 15.1 Å². The minimum absolute atomic E-state index is 0.150. The van der Waals surface area contributed by atoms with Gasteiger partial charge in [-0.25, -0.2) is 4.79 Å². The Hall–Kier alpha value is -2.76. The lowest BCUT2D eigenvalue weighted by molar-refractivity contribution is 0.0680. The molecule has 2 aromatic heterocycles. The highest BCUT2D eigenvalue weighted by Gasteiger charge is 2.16. The minimum atomic E-state index is -1.22. The molecule has 1 aromatic carbocycles. The van der Waals surface area contributed by atoms with Gasteiger partial charge in [-0.3, -0.25) is 4.98 Å². The first-order valence-electron chi connectivity index (χ1n) is 5.17. The normalized spacial score (nSPS) is 10.7. The number of aromatic carboxylic acids is 1. The van der Waals surface area contributed by atoms with Crippen LogP contribution >= 0.6 is 0 Å². The molecule has 1 N–H and O–H groups in total. The Morgan fingerprint density at radius 2 is 2.06 bits per heavy atom. The van der Waals surface area contributed by atoms with Crippen LogP contribution < -0.4 is 0 Å². The number of carbonyl (C=O) groups is 1. The molecule has 0 aliphatic heterocycles. The molecule has 0 saturated heterocycles. The van der Waals surface area contributed by atoms with Crippen molar-refractivity contribution in [2.75, 3.05) is 0 Å². The third-order valence-corrected chi connectivity index (χ3v) is 2.48. The van der Waals surface area contributed by atoms with Crippen LogP contribution in [0.2, 0.25) is 0 Å². The van der Waals surface area contributed by atoms with Crippen LogP contribution in [-0.4, -0.2) is 26.2 Å². The number of carboxylic acid groups (broad SMARTS) is 1. The van der Waals surface area contributed by atoms with Gasteiger partial charge in [0.05, 0.1) is 11.1 Å². The number of para-hydroxylation sites is 1. The zero-order valence-corrected chi connectivity index (χ0v) is 9.07. The summed E-state index contributed by atoms with van der Waals surface area (Å²) in [6.45, 7) is 0. The molecular weight excluding hydrogens is 234 g/mol. The van der Waals surface area contributed by atoms with Gasteiger partial charge in [0, 0.05) is 11.6 Å². The van der Waals surface area contributed by atoms with Gasteiger partial charge >= 0.3 is 5.97 Å². The Morgan fingerprint density at radius 1 is 1.22 bits per heavy atom. The van der Waals surface area contributed by atoms with E-state index >= 15 is 0 Å². The summed E-state index contributed by atoms with van der Waals surface area (Å²) in [5.74, 6) is -1.44. The van der Waals surface area contributed by atoms with Crippen LogP contribution in [0, 0.1) is 0 Å². The van der Waals surface area contributed by atoms with Crippen molar-refractivity contribution in [3.05, 3.63) is 42.4 Å². The fraction of sp³-hybridized carbons (Fsp3) is 0. The standard InChI is InChI=1S/C12H7N3O3/c16-12(17)10-14-11(18-15-10)8-5-1-3-7-4-2-6-13-9(7)8/h1-6H,(H,16,17). The lowest BCUT2D eigenvalue weighted by Crippen LogP contribution is -1.98. The summed E-state index contributed by atoms with van der Waals surface area (Å²) in [6.07, 6.45) is 1.65. The van der Waals surface area contributed by atoms with Crippen molar-refractivity contribution in [2.24, 2.45) is 0 Å². The zero-order valence-electron chi connectivity index (χ0n) is 9.07. The number of rotatable bonds is 2. The number of aromatic nitrogens is 3. The third-order valence-electron chi connectivity index (χ3n) is 2.48. The average molecular weight is 241 g/mol. The van der Waals surface area contributed by atoms with Gasteiger partial charge in [0.2, 0.25) is 0 Å². The van der Waals surface area contributed by atoms with Crippen LogP contribution in [0.4, 0.5) is 0 Å². The molecule has 2 heterocycles. The van der Waals surface area contributed by atoms with E-state index in [-0.39, 0.29) is 11.7 Å². The molecule has 6 heteroatoms. The quantitative estimate of drug-likeness (QED) is 0.737. The van der Waals surface area contributed by atoms with Gasteiger partial charge in [-0.2, -0.15) is 4.98 Å². The Labute approximate surface area is 101 Å². The molecule has 0 unspecified atom stereocenters. The van der Waals surface area contributed by atoms with Gasteiger partial charge < -0.3 is 9.63 Å². The van der Waals surface area contributed by atoms with Gasteiger partial charge in [0.1, 0.15) is 0 Å². The summed E-state index contributed by atoms with van der Waals surface area (Å²) < 4.78 is 4.94. The largest absolute Gasteiger partial charge is 0.475 e. The predicted octanol–water partition coefficient (Wildman–Crippen LogP) is 1.98. The third kappa shape index (κ3) is 1.60. The molecule has 88 valence electrons. The maximum Gasteiger partial charge on any atom is 0.377 e. The number of hydrogen-bond acceptors (Lipinski definition) is 5. The van der Waals surface area contributed by atoms with E-state index in [4.69, 9.17) is 9.63 Å². The minimum Gasteiger partial charge on any atom is -0.475 e. The van der Waals surface area contributed by atoms with Crippen LogP contribution in [0.15, 0.2) is 41.1 Å². The van der Waals surface area contributed by atoms with Crippen molar-refractivity contribution in [1.82, 2.24) is 15.1 Å². The molecule has 18 heavy (non-hydrogen) atoms. The van der Waals surface area contributed by atoms with E-state index in [1.165, 1.54) is 0 Å². The van der Waals surface area contributed by atoms with Crippen LogP contribution in [0.1, 0.15) is 10.6 Å². The van der Waals surface area contributed by atoms with Crippen molar-refractivity contribution < 1.29 is 14.4 Å². The summed E-state index contributed by atoms with van der Waals surface area (Å²) in [7, 11) is 0. The number of hydrogen-bond donors (Lipinski definition) is 1. The van der Waals surface area contributed by atoms with Crippen molar-refractivity contribution >= 4 is 16.9 Å². The number of fused-ring (bicyclic) bond motifs is 1. The number of nitrogens with zero attached hydrogens (tertiary/aromatic N) is 3. The van der Waals surface area contributed by atoms with Crippen LogP contribution in [-0.2, 0) is 0 Å².